The van der Waals surface area contributed by atoms with Crippen LogP contribution in [-0.2, 0) is 28.6 Å². The van der Waals surface area contributed by atoms with Gasteiger partial charge < -0.3 is 19.3 Å². The Kier molecular flexibility index (Phi) is 6.33. The van der Waals surface area contributed by atoms with Gasteiger partial charge in [-0.05, 0) is 39.0 Å². The van der Waals surface area contributed by atoms with E-state index in [1.807, 2.05) is 0 Å². The molecule has 2 saturated heterocycles. The van der Waals surface area contributed by atoms with Crippen molar-refractivity contribution in [1.82, 2.24) is 4.90 Å². The highest BCUT2D eigenvalue weighted by Gasteiger charge is 2.51. The van der Waals surface area contributed by atoms with E-state index >= 15 is 0 Å². The summed E-state index contributed by atoms with van der Waals surface area (Å²) in [6.07, 6.45) is 3.03. The van der Waals surface area contributed by atoms with Gasteiger partial charge in [0, 0.05) is 24.6 Å². The number of carbonyl (C=O) groups excluding carboxylic acids is 3. The van der Waals surface area contributed by atoms with E-state index in [0.29, 0.717) is 25.8 Å². The molecule has 0 amide bonds. The first-order valence-corrected chi connectivity index (χ1v) is 10.2. The van der Waals surface area contributed by atoms with E-state index in [1.165, 1.54) is 20.1 Å². The second-order valence-electron chi connectivity index (χ2n) is 8.76. The fraction of sp³-hybridized carbons (Fsp3) is 0.762. The standard InChI is InChI=1S/C21H31NO7/c1-12-7-13(2)21(3,26)20(25)28-11-14-9-15(10-17(23)27-4)22-6-5-16(19(14)22)29-18(24)8-12/h8,13-16,19,26H,5-7,9-11H2,1-4H3/t13-,14-,15-,16-,19-,21-/m1/s1. The lowest BCUT2D eigenvalue weighted by Gasteiger charge is -2.29. The molecule has 3 rings (SSSR count). The highest BCUT2D eigenvalue weighted by Crippen LogP contribution is 2.40. The summed E-state index contributed by atoms with van der Waals surface area (Å²) in [5, 5.41) is 10.7. The summed E-state index contributed by atoms with van der Waals surface area (Å²) in [5.41, 5.74) is -0.928. The fourth-order valence-corrected chi connectivity index (χ4v) is 4.86. The average Bonchev–Trinajstić information content (AvgIpc) is 3.20. The van der Waals surface area contributed by atoms with Crippen LogP contribution in [0.5, 0.6) is 0 Å². The van der Waals surface area contributed by atoms with Crippen molar-refractivity contribution < 1.29 is 33.7 Å². The number of hydrogen-bond donors (Lipinski definition) is 1. The molecule has 0 aromatic rings. The zero-order valence-corrected chi connectivity index (χ0v) is 17.6. The number of aliphatic hydroxyl groups is 1. The van der Waals surface area contributed by atoms with Crippen molar-refractivity contribution in [2.75, 3.05) is 20.3 Å². The Morgan fingerprint density at radius 3 is 2.83 bits per heavy atom. The van der Waals surface area contributed by atoms with Gasteiger partial charge in [-0.3, -0.25) is 9.69 Å². The molecule has 8 nitrogen and oxygen atoms in total. The number of ether oxygens (including phenoxy) is 3. The number of methoxy groups -OCH3 is 1. The lowest BCUT2D eigenvalue weighted by atomic mass is 9.85. The van der Waals surface area contributed by atoms with Gasteiger partial charge in [-0.15, -0.1) is 0 Å². The van der Waals surface area contributed by atoms with Crippen LogP contribution < -0.4 is 0 Å². The normalized spacial score (nSPS) is 38.7. The lowest BCUT2D eigenvalue weighted by Crippen LogP contribution is -2.44. The van der Waals surface area contributed by atoms with Gasteiger partial charge >= 0.3 is 17.9 Å². The minimum absolute atomic E-state index is 0.0514. The third-order valence-corrected chi connectivity index (χ3v) is 6.65. The smallest absolute Gasteiger partial charge is 0.338 e. The monoisotopic (exact) mass is 409 g/mol. The van der Waals surface area contributed by atoms with Crippen LogP contribution >= 0.6 is 0 Å². The van der Waals surface area contributed by atoms with Crippen LogP contribution in [0, 0.1) is 11.8 Å². The summed E-state index contributed by atoms with van der Waals surface area (Å²) in [7, 11) is 1.36. The number of rotatable bonds is 2. The second-order valence-corrected chi connectivity index (χ2v) is 8.76. The van der Waals surface area contributed by atoms with E-state index in [9.17, 15) is 19.5 Å². The van der Waals surface area contributed by atoms with Gasteiger partial charge in [-0.2, -0.15) is 0 Å². The molecule has 6 atom stereocenters. The van der Waals surface area contributed by atoms with Crippen LogP contribution in [0.1, 0.15) is 46.5 Å². The maximum atomic E-state index is 12.6. The molecule has 8 heteroatoms. The van der Waals surface area contributed by atoms with Crippen LogP contribution in [-0.4, -0.2) is 72.0 Å². The minimum atomic E-state index is -1.66. The van der Waals surface area contributed by atoms with E-state index in [2.05, 4.69) is 4.90 Å². The van der Waals surface area contributed by atoms with Crippen molar-refractivity contribution in [3.05, 3.63) is 11.6 Å². The third-order valence-electron chi connectivity index (χ3n) is 6.65. The summed E-state index contributed by atoms with van der Waals surface area (Å²) < 4.78 is 16.1. The number of hydrogen-bond acceptors (Lipinski definition) is 8. The Labute approximate surface area is 171 Å². The molecule has 0 aromatic heterocycles. The van der Waals surface area contributed by atoms with Crippen molar-refractivity contribution in [1.29, 1.82) is 0 Å². The molecule has 0 aromatic carbocycles. The van der Waals surface area contributed by atoms with Crippen LogP contribution in [0.4, 0.5) is 0 Å². The highest BCUT2D eigenvalue weighted by atomic mass is 16.6. The Bertz CT molecular complexity index is 701. The molecule has 3 aliphatic rings. The Balaban J connectivity index is 1.87. The number of nitrogens with zero attached hydrogens (tertiary/aromatic N) is 1. The molecule has 0 unspecified atom stereocenters. The van der Waals surface area contributed by atoms with Crippen molar-refractivity contribution >= 4 is 17.9 Å². The van der Waals surface area contributed by atoms with Gasteiger partial charge in [0.2, 0.25) is 0 Å². The summed E-state index contributed by atoms with van der Waals surface area (Å²) in [4.78, 5) is 39.1. The molecular weight excluding hydrogens is 378 g/mol. The van der Waals surface area contributed by atoms with Crippen molar-refractivity contribution in [3.63, 3.8) is 0 Å². The molecule has 3 aliphatic heterocycles. The van der Waals surface area contributed by atoms with Crippen molar-refractivity contribution in [2.45, 2.75) is 70.2 Å². The summed E-state index contributed by atoms with van der Waals surface area (Å²) >= 11 is 0. The minimum Gasteiger partial charge on any atom is -0.469 e. The topological polar surface area (TPSA) is 102 Å². The molecule has 0 bridgehead atoms. The van der Waals surface area contributed by atoms with E-state index in [0.717, 1.165) is 5.57 Å². The lowest BCUT2D eigenvalue weighted by molar-refractivity contribution is -0.171. The molecule has 0 saturated carbocycles. The first-order valence-electron chi connectivity index (χ1n) is 10.2. The van der Waals surface area contributed by atoms with Gasteiger partial charge in [0.15, 0.2) is 5.60 Å². The quantitative estimate of drug-likeness (QED) is 0.536. The third kappa shape index (κ3) is 4.48. The SMILES string of the molecule is COC(=O)C[C@H]1C[C@@H]2COC(=O)[C@](C)(O)[C@H](C)CC(C)=CC(=O)O[C@@H]3CCN1[C@H]23. The van der Waals surface area contributed by atoms with Gasteiger partial charge in [0.1, 0.15) is 6.10 Å². The van der Waals surface area contributed by atoms with E-state index in [-0.39, 0.29) is 43.1 Å². The summed E-state index contributed by atoms with van der Waals surface area (Å²) in [5.74, 6) is -1.89. The molecule has 0 aliphatic carbocycles. The molecule has 1 N–H and O–H groups in total. The van der Waals surface area contributed by atoms with Crippen LogP contribution in [0.2, 0.25) is 0 Å². The maximum absolute atomic E-state index is 12.6. The van der Waals surface area contributed by atoms with Crippen LogP contribution in [0.15, 0.2) is 11.6 Å². The zero-order valence-electron chi connectivity index (χ0n) is 17.6. The van der Waals surface area contributed by atoms with E-state index < -0.39 is 23.5 Å². The van der Waals surface area contributed by atoms with Gasteiger partial charge in [-0.1, -0.05) is 12.5 Å². The molecule has 3 heterocycles. The van der Waals surface area contributed by atoms with Gasteiger partial charge in [-0.25, -0.2) is 9.59 Å². The number of cyclic esters (lactones) is 1. The highest BCUT2D eigenvalue weighted by molar-refractivity contribution is 5.83. The average molecular weight is 409 g/mol. The van der Waals surface area contributed by atoms with Crippen molar-refractivity contribution in [3.8, 4) is 0 Å². The zero-order chi connectivity index (χ0) is 21.3. The first kappa shape index (κ1) is 21.8. The van der Waals surface area contributed by atoms with E-state index in [4.69, 9.17) is 14.2 Å². The van der Waals surface area contributed by atoms with E-state index in [1.54, 1.807) is 13.8 Å². The molecule has 162 valence electrons. The van der Waals surface area contributed by atoms with Gasteiger partial charge in [0.25, 0.3) is 0 Å². The van der Waals surface area contributed by atoms with Crippen LogP contribution in [0.25, 0.3) is 0 Å². The number of carbonyl (C=O) groups is 3. The molecule has 2 fully saturated rings. The number of allylic oxidation sites excluding steroid dienone is 1. The fourth-order valence-electron chi connectivity index (χ4n) is 4.86. The number of esters is 3. The molecule has 29 heavy (non-hydrogen) atoms. The molecular formula is C21H31NO7. The summed E-state index contributed by atoms with van der Waals surface area (Å²) in [6.45, 7) is 5.80. The second kappa shape index (κ2) is 8.44. The Morgan fingerprint density at radius 2 is 2.14 bits per heavy atom. The van der Waals surface area contributed by atoms with Crippen LogP contribution in [0.3, 0.4) is 0 Å². The predicted octanol–water partition coefficient (Wildman–Crippen LogP) is 1.20. The molecule has 0 spiro atoms. The Hall–Kier alpha value is -1.93. The predicted molar refractivity (Wildman–Crippen MR) is 103 cm³/mol. The molecule has 0 radical (unpaired) electrons. The largest absolute Gasteiger partial charge is 0.469 e. The summed E-state index contributed by atoms with van der Waals surface area (Å²) in [6, 6.07) is -0.178. The van der Waals surface area contributed by atoms with Gasteiger partial charge in [0.05, 0.1) is 26.2 Å². The Morgan fingerprint density at radius 1 is 1.41 bits per heavy atom. The maximum Gasteiger partial charge on any atom is 0.338 e. The first-order chi connectivity index (χ1) is 13.6. The van der Waals surface area contributed by atoms with Crippen molar-refractivity contribution in [2.24, 2.45) is 11.8 Å².